The second kappa shape index (κ2) is 5.49. The first-order valence-corrected chi connectivity index (χ1v) is 8.76. The molecule has 0 unspecified atom stereocenters. The van der Waals surface area contributed by atoms with Gasteiger partial charge >= 0.3 is 0 Å². The van der Waals surface area contributed by atoms with Crippen molar-refractivity contribution in [3.05, 3.63) is 51.6 Å². The van der Waals surface area contributed by atoms with Gasteiger partial charge in [-0.2, -0.15) is 0 Å². The zero-order valence-electron chi connectivity index (χ0n) is 13.3. The van der Waals surface area contributed by atoms with Gasteiger partial charge in [0, 0.05) is 29.0 Å². The van der Waals surface area contributed by atoms with E-state index in [-0.39, 0.29) is 11.9 Å². The van der Waals surface area contributed by atoms with Crippen molar-refractivity contribution < 1.29 is 4.79 Å². The summed E-state index contributed by atoms with van der Waals surface area (Å²) in [5.41, 5.74) is 2.89. The lowest BCUT2D eigenvalue weighted by molar-refractivity contribution is 0.0933. The number of amides is 1. The summed E-state index contributed by atoms with van der Waals surface area (Å²) in [6.45, 7) is 2.03. The van der Waals surface area contributed by atoms with Crippen LogP contribution in [0.2, 0.25) is 0 Å². The molecule has 1 aliphatic rings. The van der Waals surface area contributed by atoms with E-state index < -0.39 is 0 Å². The molecule has 0 saturated carbocycles. The zero-order chi connectivity index (χ0) is 16.0. The van der Waals surface area contributed by atoms with Gasteiger partial charge in [0.1, 0.15) is 0 Å². The number of aryl methyl sites for hydroxylation is 3. The molecule has 0 spiro atoms. The standard InChI is InChI=1S/C18H19N3OS/c1-11-19-17-14(7-5-9-16(17)23-11)20-18(22)13-10-21(2)15-8-4-3-6-12(13)15/h3-4,6,8,10,14H,5,7,9H2,1-2H3,(H,20,22)/t14-/m0/s1. The van der Waals surface area contributed by atoms with E-state index in [9.17, 15) is 4.79 Å². The second-order valence-electron chi connectivity index (χ2n) is 6.13. The Hall–Kier alpha value is -2.14. The van der Waals surface area contributed by atoms with Crippen LogP contribution in [0.25, 0.3) is 10.9 Å². The Morgan fingerprint density at radius 2 is 2.22 bits per heavy atom. The molecule has 1 N–H and O–H groups in total. The summed E-state index contributed by atoms with van der Waals surface area (Å²) in [5.74, 6) is -0.00898. The van der Waals surface area contributed by atoms with Crippen molar-refractivity contribution >= 4 is 28.1 Å². The van der Waals surface area contributed by atoms with Crippen LogP contribution in [0.15, 0.2) is 30.5 Å². The first-order chi connectivity index (χ1) is 11.1. The van der Waals surface area contributed by atoms with Crippen LogP contribution in [0.1, 0.15) is 44.8 Å². The summed E-state index contributed by atoms with van der Waals surface area (Å²) >= 11 is 1.76. The summed E-state index contributed by atoms with van der Waals surface area (Å²) in [4.78, 5) is 18.8. The highest BCUT2D eigenvalue weighted by Crippen LogP contribution is 2.33. The van der Waals surface area contributed by atoms with Crippen molar-refractivity contribution in [3.8, 4) is 0 Å². The van der Waals surface area contributed by atoms with Crippen LogP contribution in [-0.4, -0.2) is 15.5 Å². The number of thiazole rings is 1. The third-order valence-electron chi connectivity index (χ3n) is 4.51. The van der Waals surface area contributed by atoms with Crippen molar-refractivity contribution in [2.45, 2.75) is 32.2 Å². The number of benzene rings is 1. The molecule has 5 heteroatoms. The van der Waals surface area contributed by atoms with Gasteiger partial charge < -0.3 is 9.88 Å². The van der Waals surface area contributed by atoms with E-state index in [1.807, 2.05) is 49.0 Å². The molecule has 3 aromatic rings. The molecule has 118 valence electrons. The Labute approximate surface area is 139 Å². The lowest BCUT2D eigenvalue weighted by atomic mass is 9.97. The van der Waals surface area contributed by atoms with Gasteiger partial charge in [-0.25, -0.2) is 4.98 Å². The Morgan fingerprint density at radius 1 is 1.39 bits per heavy atom. The first kappa shape index (κ1) is 14.5. The molecule has 0 fully saturated rings. The molecule has 1 aromatic carbocycles. The number of para-hydroxylation sites is 1. The monoisotopic (exact) mass is 325 g/mol. The van der Waals surface area contributed by atoms with E-state index in [2.05, 4.69) is 10.3 Å². The minimum Gasteiger partial charge on any atom is -0.350 e. The van der Waals surface area contributed by atoms with Gasteiger partial charge in [0.05, 0.1) is 22.3 Å². The molecule has 1 atom stereocenters. The molecule has 2 heterocycles. The molecule has 4 rings (SSSR count). The van der Waals surface area contributed by atoms with Gasteiger partial charge in [0.15, 0.2) is 0 Å². The van der Waals surface area contributed by atoms with Crippen LogP contribution in [0.4, 0.5) is 0 Å². The molecule has 2 aromatic heterocycles. The first-order valence-electron chi connectivity index (χ1n) is 7.94. The summed E-state index contributed by atoms with van der Waals surface area (Å²) in [6.07, 6.45) is 5.07. The second-order valence-corrected chi connectivity index (χ2v) is 7.42. The summed E-state index contributed by atoms with van der Waals surface area (Å²) in [6, 6.07) is 8.05. The van der Waals surface area contributed by atoms with E-state index in [0.717, 1.165) is 46.4 Å². The maximum atomic E-state index is 12.8. The molecular weight excluding hydrogens is 306 g/mol. The molecule has 4 nitrogen and oxygen atoms in total. The highest BCUT2D eigenvalue weighted by atomic mass is 32.1. The fraction of sp³-hybridized carbons (Fsp3) is 0.333. The smallest absolute Gasteiger partial charge is 0.253 e. The van der Waals surface area contributed by atoms with Gasteiger partial charge in [0.25, 0.3) is 5.91 Å². The van der Waals surface area contributed by atoms with Crippen molar-refractivity contribution in [1.82, 2.24) is 14.9 Å². The van der Waals surface area contributed by atoms with Gasteiger partial charge in [-0.15, -0.1) is 11.3 Å². The lowest BCUT2D eigenvalue weighted by Crippen LogP contribution is -2.30. The number of nitrogens with one attached hydrogen (secondary N) is 1. The summed E-state index contributed by atoms with van der Waals surface area (Å²) in [5, 5.41) is 5.28. The van der Waals surface area contributed by atoms with Gasteiger partial charge in [-0.05, 0) is 32.3 Å². The number of carbonyl (C=O) groups excluding carboxylic acids is 1. The Kier molecular flexibility index (Phi) is 3.45. The largest absolute Gasteiger partial charge is 0.350 e. The quantitative estimate of drug-likeness (QED) is 0.780. The molecule has 0 saturated heterocycles. The van der Waals surface area contributed by atoms with E-state index >= 15 is 0 Å². The van der Waals surface area contributed by atoms with Gasteiger partial charge in [-0.3, -0.25) is 4.79 Å². The van der Waals surface area contributed by atoms with Crippen LogP contribution in [0, 0.1) is 6.92 Å². The molecule has 23 heavy (non-hydrogen) atoms. The highest BCUT2D eigenvalue weighted by molar-refractivity contribution is 7.11. The van der Waals surface area contributed by atoms with Gasteiger partial charge in [0.2, 0.25) is 0 Å². The van der Waals surface area contributed by atoms with Crippen LogP contribution in [0.5, 0.6) is 0 Å². The van der Waals surface area contributed by atoms with Crippen molar-refractivity contribution in [2.75, 3.05) is 0 Å². The Morgan fingerprint density at radius 3 is 3.09 bits per heavy atom. The molecule has 1 aliphatic carbocycles. The van der Waals surface area contributed by atoms with Crippen LogP contribution in [-0.2, 0) is 13.5 Å². The lowest BCUT2D eigenvalue weighted by Gasteiger charge is -2.22. The van der Waals surface area contributed by atoms with E-state index in [1.165, 1.54) is 4.88 Å². The average Bonchev–Trinajstić information content (AvgIpc) is 3.08. The van der Waals surface area contributed by atoms with E-state index in [4.69, 9.17) is 0 Å². The fourth-order valence-corrected chi connectivity index (χ4v) is 4.48. The number of nitrogens with zero attached hydrogens (tertiary/aromatic N) is 2. The minimum absolute atomic E-state index is 0.00898. The van der Waals surface area contributed by atoms with Crippen LogP contribution >= 0.6 is 11.3 Å². The highest BCUT2D eigenvalue weighted by Gasteiger charge is 2.26. The molecule has 0 bridgehead atoms. The third kappa shape index (κ3) is 2.45. The number of rotatable bonds is 2. The third-order valence-corrected chi connectivity index (χ3v) is 5.55. The normalized spacial score (nSPS) is 17.2. The number of fused-ring (bicyclic) bond motifs is 2. The van der Waals surface area contributed by atoms with E-state index in [1.54, 1.807) is 11.3 Å². The number of hydrogen-bond donors (Lipinski definition) is 1. The summed E-state index contributed by atoms with van der Waals surface area (Å²) in [7, 11) is 1.97. The van der Waals surface area contributed by atoms with Crippen molar-refractivity contribution in [2.24, 2.45) is 7.05 Å². The Balaban J connectivity index is 1.66. The van der Waals surface area contributed by atoms with Crippen LogP contribution in [0.3, 0.4) is 0 Å². The van der Waals surface area contributed by atoms with Crippen LogP contribution < -0.4 is 5.32 Å². The zero-order valence-corrected chi connectivity index (χ0v) is 14.1. The topological polar surface area (TPSA) is 46.9 Å². The van der Waals surface area contributed by atoms with E-state index in [0.29, 0.717) is 0 Å². The molecule has 0 radical (unpaired) electrons. The minimum atomic E-state index is -0.00898. The number of hydrogen-bond acceptors (Lipinski definition) is 3. The maximum Gasteiger partial charge on any atom is 0.253 e. The van der Waals surface area contributed by atoms with Crippen molar-refractivity contribution in [1.29, 1.82) is 0 Å². The van der Waals surface area contributed by atoms with Crippen molar-refractivity contribution in [3.63, 3.8) is 0 Å². The van der Waals surface area contributed by atoms with Gasteiger partial charge in [-0.1, -0.05) is 18.2 Å². The Bertz CT molecular complexity index is 893. The predicted molar refractivity (Wildman–Crippen MR) is 92.9 cm³/mol. The summed E-state index contributed by atoms with van der Waals surface area (Å²) < 4.78 is 2.00. The molecule has 1 amide bonds. The predicted octanol–water partition coefficient (Wildman–Crippen LogP) is 3.75. The number of carbonyl (C=O) groups is 1. The number of aromatic nitrogens is 2. The fourth-order valence-electron chi connectivity index (χ4n) is 3.44. The molecular formula is C18H19N3OS. The SMILES string of the molecule is Cc1nc2c(s1)CCC[C@@H]2NC(=O)c1cn(C)c2ccccc12. The molecule has 0 aliphatic heterocycles. The average molecular weight is 325 g/mol. The maximum absolute atomic E-state index is 12.8.